The number of anilines is 1. The van der Waals surface area contributed by atoms with Crippen LogP contribution in [-0.2, 0) is 4.74 Å². The van der Waals surface area contributed by atoms with E-state index in [1.165, 1.54) is 0 Å². The number of methoxy groups -OCH3 is 2. The number of ether oxygens (including phenoxy) is 3. The summed E-state index contributed by atoms with van der Waals surface area (Å²) in [5, 5.41) is 3.47. The van der Waals surface area contributed by atoms with Gasteiger partial charge in [-0.2, -0.15) is 0 Å². The van der Waals surface area contributed by atoms with E-state index in [9.17, 15) is 4.79 Å². The molecule has 1 saturated heterocycles. The van der Waals surface area contributed by atoms with E-state index in [1.54, 1.807) is 49.5 Å². The van der Waals surface area contributed by atoms with E-state index in [0.717, 1.165) is 5.56 Å². The lowest BCUT2D eigenvalue weighted by atomic mass is 10.1. The number of hydrogen-bond acceptors (Lipinski definition) is 4. The molecule has 1 heterocycles. The van der Waals surface area contributed by atoms with Crippen molar-refractivity contribution in [3.05, 3.63) is 53.1 Å². The van der Waals surface area contributed by atoms with Crippen molar-refractivity contribution in [1.29, 1.82) is 0 Å². The van der Waals surface area contributed by atoms with E-state index in [2.05, 4.69) is 5.32 Å². The summed E-state index contributed by atoms with van der Waals surface area (Å²) >= 11 is 5.87. The number of carbonyl (C=O) groups excluding carboxylic acids is 1. The van der Waals surface area contributed by atoms with Gasteiger partial charge in [0.05, 0.1) is 20.8 Å². The second-order valence-electron chi connectivity index (χ2n) is 5.47. The van der Waals surface area contributed by atoms with E-state index in [-0.39, 0.29) is 6.03 Å². The Balaban J connectivity index is 1.77. The van der Waals surface area contributed by atoms with Crippen molar-refractivity contribution in [3.63, 3.8) is 0 Å². The molecule has 1 unspecified atom stereocenters. The molecule has 2 aromatic rings. The predicted molar refractivity (Wildman–Crippen MR) is 95.4 cm³/mol. The number of nitrogens with one attached hydrogen (secondary N) is 1. The van der Waals surface area contributed by atoms with E-state index >= 15 is 0 Å². The van der Waals surface area contributed by atoms with Crippen LogP contribution in [0.5, 0.6) is 11.5 Å². The maximum atomic E-state index is 12.6. The normalized spacial score (nSPS) is 16.6. The van der Waals surface area contributed by atoms with Crippen LogP contribution in [0.4, 0.5) is 10.5 Å². The van der Waals surface area contributed by atoms with Gasteiger partial charge in [-0.3, -0.25) is 4.90 Å². The van der Waals surface area contributed by atoms with Gasteiger partial charge >= 0.3 is 6.03 Å². The molecule has 3 rings (SSSR count). The van der Waals surface area contributed by atoms with Gasteiger partial charge in [-0.15, -0.1) is 0 Å². The lowest BCUT2D eigenvalue weighted by Gasteiger charge is -2.24. The average Bonchev–Trinajstić information content (AvgIpc) is 3.13. The van der Waals surface area contributed by atoms with Crippen molar-refractivity contribution in [2.75, 3.05) is 32.7 Å². The van der Waals surface area contributed by atoms with Crippen LogP contribution in [0.25, 0.3) is 0 Å². The maximum absolute atomic E-state index is 12.6. The molecular formula is C18H19ClN2O4. The predicted octanol–water partition coefficient (Wildman–Crippen LogP) is 3.92. The molecule has 7 heteroatoms. The van der Waals surface area contributed by atoms with Crippen molar-refractivity contribution in [2.24, 2.45) is 0 Å². The number of urea groups is 1. The Morgan fingerprint density at radius 1 is 1.16 bits per heavy atom. The molecule has 0 saturated carbocycles. The number of nitrogens with zero attached hydrogens (tertiary/aromatic N) is 1. The topological polar surface area (TPSA) is 60.0 Å². The monoisotopic (exact) mass is 362 g/mol. The fraction of sp³-hybridized carbons (Fsp3) is 0.278. The summed E-state index contributed by atoms with van der Waals surface area (Å²) in [5.41, 5.74) is 1.49. The van der Waals surface area contributed by atoms with Crippen LogP contribution in [0.2, 0.25) is 5.02 Å². The zero-order chi connectivity index (χ0) is 17.8. The van der Waals surface area contributed by atoms with E-state index in [0.29, 0.717) is 35.4 Å². The van der Waals surface area contributed by atoms with Gasteiger partial charge in [-0.25, -0.2) is 4.79 Å². The fourth-order valence-electron chi connectivity index (χ4n) is 2.69. The molecule has 1 N–H and O–H groups in total. The largest absolute Gasteiger partial charge is 0.493 e. The second-order valence-corrected chi connectivity index (χ2v) is 5.90. The standard InChI is InChI=1S/C18H19ClN2O4/c1-23-15-8-3-12(11-16(15)24-2)17-21(9-10-25-17)18(22)20-14-6-4-13(19)5-7-14/h3-8,11,17H,9-10H2,1-2H3,(H,20,22). The molecule has 2 aromatic carbocycles. The summed E-state index contributed by atoms with van der Waals surface area (Å²) in [6.07, 6.45) is -0.480. The van der Waals surface area contributed by atoms with Crippen molar-refractivity contribution in [3.8, 4) is 11.5 Å². The number of benzene rings is 2. The second kappa shape index (κ2) is 7.63. The first-order valence-corrected chi connectivity index (χ1v) is 8.17. The summed E-state index contributed by atoms with van der Waals surface area (Å²) in [6, 6.07) is 12.2. The lowest BCUT2D eigenvalue weighted by molar-refractivity contribution is 0.0520. The molecule has 0 spiro atoms. The fourth-order valence-corrected chi connectivity index (χ4v) is 2.82. The van der Waals surface area contributed by atoms with Crippen LogP contribution >= 0.6 is 11.6 Å². The molecule has 0 aromatic heterocycles. The molecule has 2 amide bonds. The molecule has 132 valence electrons. The van der Waals surface area contributed by atoms with E-state index in [4.69, 9.17) is 25.8 Å². The van der Waals surface area contributed by atoms with Gasteiger partial charge in [0, 0.05) is 22.8 Å². The van der Waals surface area contributed by atoms with Gasteiger partial charge in [-0.05, 0) is 36.4 Å². The number of halogens is 1. The molecule has 1 fully saturated rings. The third kappa shape index (κ3) is 3.81. The van der Waals surface area contributed by atoms with Crippen molar-refractivity contribution in [1.82, 2.24) is 4.90 Å². The SMILES string of the molecule is COc1ccc(C2OCCN2C(=O)Nc2ccc(Cl)cc2)cc1OC. The quantitative estimate of drug-likeness (QED) is 0.895. The van der Waals surface area contributed by atoms with Gasteiger partial charge in [0.25, 0.3) is 0 Å². The molecule has 1 aliphatic rings. The highest BCUT2D eigenvalue weighted by atomic mass is 35.5. The Morgan fingerprint density at radius 3 is 2.56 bits per heavy atom. The van der Waals surface area contributed by atoms with E-state index < -0.39 is 6.23 Å². The zero-order valence-corrected chi connectivity index (χ0v) is 14.7. The molecule has 1 atom stereocenters. The van der Waals surface area contributed by atoms with Gasteiger partial charge in [-0.1, -0.05) is 17.7 Å². The van der Waals surface area contributed by atoms with Crippen LogP contribution in [0, 0.1) is 0 Å². The highest BCUT2D eigenvalue weighted by Crippen LogP contribution is 2.34. The Bertz CT molecular complexity index is 751. The Morgan fingerprint density at radius 2 is 1.88 bits per heavy atom. The van der Waals surface area contributed by atoms with Crippen LogP contribution in [0.15, 0.2) is 42.5 Å². The molecule has 0 bridgehead atoms. The molecule has 1 aliphatic heterocycles. The Hall–Kier alpha value is -2.44. The average molecular weight is 363 g/mol. The Labute approximate surface area is 151 Å². The zero-order valence-electron chi connectivity index (χ0n) is 14.0. The van der Waals surface area contributed by atoms with Gasteiger partial charge < -0.3 is 19.5 Å². The highest BCUT2D eigenvalue weighted by molar-refractivity contribution is 6.30. The first-order chi connectivity index (χ1) is 12.1. The van der Waals surface area contributed by atoms with Gasteiger partial charge in [0.15, 0.2) is 17.7 Å². The molecule has 0 aliphatic carbocycles. The summed E-state index contributed by atoms with van der Waals surface area (Å²) in [5.74, 6) is 1.22. The third-order valence-electron chi connectivity index (χ3n) is 3.94. The minimum atomic E-state index is -0.480. The maximum Gasteiger partial charge on any atom is 0.324 e. The summed E-state index contributed by atoms with van der Waals surface area (Å²) in [7, 11) is 3.15. The van der Waals surface area contributed by atoms with Crippen molar-refractivity contribution in [2.45, 2.75) is 6.23 Å². The van der Waals surface area contributed by atoms with Crippen LogP contribution in [-0.4, -0.2) is 38.3 Å². The lowest BCUT2D eigenvalue weighted by Crippen LogP contribution is -2.34. The van der Waals surface area contributed by atoms with Gasteiger partial charge in [0.1, 0.15) is 0 Å². The third-order valence-corrected chi connectivity index (χ3v) is 4.19. The van der Waals surface area contributed by atoms with Crippen LogP contribution < -0.4 is 14.8 Å². The minimum absolute atomic E-state index is 0.236. The summed E-state index contributed by atoms with van der Waals surface area (Å²) < 4.78 is 16.3. The first-order valence-electron chi connectivity index (χ1n) is 7.79. The Kier molecular flexibility index (Phi) is 5.31. The van der Waals surface area contributed by atoms with Crippen LogP contribution in [0.1, 0.15) is 11.8 Å². The number of rotatable bonds is 4. The number of hydrogen-bond donors (Lipinski definition) is 1. The van der Waals surface area contributed by atoms with Crippen LogP contribution in [0.3, 0.4) is 0 Å². The molecule has 6 nitrogen and oxygen atoms in total. The van der Waals surface area contributed by atoms with Crippen molar-refractivity contribution >= 4 is 23.3 Å². The summed E-state index contributed by atoms with van der Waals surface area (Å²) in [4.78, 5) is 14.2. The highest BCUT2D eigenvalue weighted by Gasteiger charge is 2.31. The first kappa shape index (κ1) is 17.4. The van der Waals surface area contributed by atoms with Gasteiger partial charge in [0.2, 0.25) is 0 Å². The van der Waals surface area contributed by atoms with Crippen molar-refractivity contribution < 1.29 is 19.0 Å². The molecule has 0 radical (unpaired) electrons. The molecular weight excluding hydrogens is 344 g/mol. The summed E-state index contributed by atoms with van der Waals surface area (Å²) in [6.45, 7) is 0.964. The number of amides is 2. The number of carbonyl (C=O) groups is 1. The minimum Gasteiger partial charge on any atom is -0.493 e. The molecule has 25 heavy (non-hydrogen) atoms. The van der Waals surface area contributed by atoms with E-state index in [1.807, 2.05) is 12.1 Å². The smallest absolute Gasteiger partial charge is 0.324 e.